The van der Waals surface area contributed by atoms with Gasteiger partial charge in [0.25, 0.3) is 0 Å². The molecule has 6 fully saturated rings. The lowest BCUT2D eigenvalue weighted by molar-refractivity contribution is -0.346. The summed E-state index contributed by atoms with van der Waals surface area (Å²) in [6, 6.07) is 0. The predicted octanol–water partition coefficient (Wildman–Crippen LogP) is 7.32. The maximum absolute atomic E-state index is 13.5. The van der Waals surface area contributed by atoms with Gasteiger partial charge < -0.3 is 23.7 Å². The van der Waals surface area contributed by atoms with Crippen LogP contribution in [0.1, 0.15) is 130 Å². The Balaban J connectivity index is 1.43. The standard InChI is InChI=1S/C32H54O6/c1-6-29(2,3)28(33)38-32-19-23-17-30(21-32,36-26(34-4)24-13-9-7-10-14-24)20-31(18-23,22-32)37-27(35-5)25-15-11-8-12-16-25/h23-27H,6-22H2,1-5H3. The van der Waals surface area contributed by atoms with E-state index < -0.39 is 11.0 Å². The molecule has 6 aliphatic rings. The van der Waals surface area contributed by atoms with Crippen LogP contribution in [0.15, 0.2) is 0 Å². The fraction of sp³-hybridized carbons (Fsp3) is 0.969. The number of hydrogen-bond acceptors (Lipinski definition) is 6. The van der Waals surface area contributed by atoms with Gasteiger partial charge in [-0.25, -0.2) is 0 Å². The van der Waals surface area contributed by atoms with E-state index in [0.29, 0.717) is 17.8 Å². The SMILES string of the molecule is CCC(C)(C)C(=O)OC12CC3CC(OC(OC)C4CCCCC4)(C1)CC(OC(OC)C1CCCCC1)(C3)C2. The third-order valence-electron chi connectivity index (χ3n) is 10.9. The quantitative estimate of drug-likeness (QED) is 0.204. The second-order valence-electron chi connectivity index (χ2n) is 14.4. The second kappa shape index (κ2) is 11.3. The van der Waals surface area contributed by atoms with Crippen molar-refractivity contribution in [3.8, 4) is 0 Å². The van der Waals surface area contributed by atoms with Gasteiger partial charge >= 0.3 is 5.97 Å². The average Bonchev–Trinajstić information content (AvgIpc) is 2.90. The maximum Gasteiger partial charge on any atom is 0.312 e. The number of carbonyl (C=O) groups excluding carboxylic acids is 1. The number of ether oxygens (including phenoxy) is 5. The van der Waals surface area contributed by atoms with Crippen LogP contribution in [0.4, 0.5) is 0 Å². The molecule has 6 aliphatic carbocycles. The lowest BCUT2D eigenvalue weighted by atomic mass is 9.50. The molecule has 0 amide bonds. The molecule has 0 saturated heterocycles. The molecule has 6 nitrogen and oxygen atoms in total. The summed E-state index contributed by atoms with van der Waals surface area (Å²) in [5.41, 5.74) is -1.82. The van der Waals surface area contributed by atoms with E-state index in [2.05, 4.69) is 6.92 Å². The van der Waals surface area contributed by atoms with Crippen LogP contribution in [-0.2, 0) is 28.5 Å². The summed E-state index contributed by atoms with van der Waals surface area (Å²) in [5, 5.41) is 0. The van der Waals surface area contributed by atoms with Crippen molar-refractivity contribution in [2.45, 2.75) is 159 Å². The molecule has 0 spiro atoms. The molecule has 6 saturated carbocycles. The van der Waals surface area contributed by atoms with Crippen LogP contribution in [0.25, 0.3) is 0 Å². The van der Waals surface area contributed by atoms with Crippen molar-refractivity contribution < 1.29 is 28.5 Å². The Morgan fingerprint density at radius 2 is 1.16 bits per heavy atom. The van der Waals surface area contributed by atoms with Crippen molar-refractivity contribution >= 4 is 5.97 Å². The van der Waals surface area contributed by atoms with Gasteiger partial charge in [0.2, 0.25) is 0 Å². The predicted molar refractivity (Wildman–Crippen MR) is 146 cm³/mol. The van der Waals surface area contributed by atoms with E-state index in [4.69, 9.17) is 23.7 Å². The van der Waals surface area contributed by atoms with Crippen LogP contribution in [0.3, 0.4) is 0 Å². The Kier molecular flexibility index (Phi) is 8.57. The molecule has 4 atom stereocenters. The highest BCUT2D eigenvalue weighted by Gasteiger charge is 2.68. The molecular formula is C32H54O6. The Bertz CT molecular complexity index is 769. The third kappa shape index (κ3) is 5.85. The van der Waals surface area contributed by atoms with Gasteiger partial charge in [0.15, 0.2) is 12.6 Å². The van der Waals surface area contributed by atoms with Crippen LogP contribution in [-0.4, -0.2) is 49.6 Å². The van der Waals surface area contributed by atoms with E-state index in [1.54, 1.807) is 14.2 Å². The molecule has 0 heterocycles. The van der Waals surface area contributed by atoms with Gasteiger partial charge in [-0.3, -0.25) is 4.79 Å². The Morgan fingerprint density at radius 1 is 0.737 bits per heavy atom. The lowest BCUT2D eigenvalue weighted by Crippen LogP contribution is -2.70. The van der Waals surface area contributed by atoms with E-state index >= 15 is 0 Å². The van der Waals surface area contributed by atoms with Crippen LogP contribution in [0.5, 0.6) is 0 Å². The highest BCUT2D eigenvalue weighted by atomic mass is 16.7. The normalized spacial score (nSPS) is 37.8. The van der Waals surface area contributed by atoms with Gasteiger partial charge in [0.05, 0.1) is 16.6 Å². The maximum atomic E-state index is 13.5. The Hall–Kier alpha value is -0.690. The molecule has 38 heavy (non-hydrogen) atoms. The van der Waals surface area contributed by atoms with E-state index in [-0.39, 0.29) is 29.8 Å². The summed E-state index contributed by atoms with van der Waals surface area (Å²) in [6.45, 7) is 6.07. The smallest absolute Gasteiger partial charge is 0.312 e. The first-order chi connectivity index (χ1) is 18.1. The van der Waals surface area contributed by atoms with E-state index in [9.17, 15) is 4.79 Å². The van der Waals surface area contributed by atoms with Crippen molar-refractivity contribution in [2.24, 2.45) is 23.2 Å². The van der Waals surface area contributed by atoms with Crippen LogP contribution in [0.2, 0.25) is 0 Å². The van der Waals surface area contributed by atoms with Gasteiger partial charge in [-0.05, 0) is 71.1 Å². The monoisotopic (exact) mass is 534 g/mol. The zero-order valence-corrected chi connectivity index (χ0v) is 24.9. The number of hydrogen-bond donors (Lipinski definition) is 0. The number of esters is 1. The molecule has 0 aromatic carbocycles. The second-order valence-corrected chi connectivity index (χ2v) is 14.4. The van der Waals surface area contributed by atoms with Gasteiger partial charge in [-0.15, -0.1) is 0 Å². The van der Waals surface area contributed by atoms with Gasteiger partial charge in [0, 0.05) is 45.3 Å². The van der Waals surface area contributed by atoms with Crippen molar-refractivity contribution in [3.05, 3.63) is 0 Å². The zero-order chi connectivity index (χ0) is 27.0. The third-order valence-corrected chi connectivity index (χ3v) is 10.9. The largest absolute Gasteiger partial charge is 0.458 e. The fourth-order valence-corrected chi connectivity index (χ4v) is 9.01. The summed E-state index contributed by atoms with van der Waals surface area (Å²) in [6.07, 6.45) is 17.9. The highest BCUT2D eigenvalue weighted by Crippen LogP contribution is 2.64. The van der Waals surface area contributed by atoms with Crippen molar-refractivity contribution in [2.75, 3.05) is 14.2 Å². The van der Waals surface area contributed by atoms with Crippen molar-refractivity contribution in [1.82, 2.24) is 0 Å². The first-order valence-electron chi connectivity index (χ1n) is 15.8. The van der Waals surface area contributed by atoms with Gasteiger partial charge in [0.1, 0.15) is 5.60 Å². The Labute approximate surface area is 231 Å². The molecule has 0 aliphatic heterocycles. The summed E-state index contributed by atoms with van der Waals surface area (Å²) in [5.74, 6) is 1.20. The average molecular weight is 535 g/mol. The van der Waals surface area contributed by atoms with Crippen molar-refractivity contribution in [3.63, 3.8) is 0 Å². The summed E-state index contributed by atoms with van der Waals surface area (Å²) < 4.78 is 32.9. The van der Waals surface area contributed by atoms with E-state index in [1.165, 1.54) is 38.5 Å². The highest BCUT2D eigenvalue weighted by molar-refractivity contribution is 5.76. The minimum absolute atomic E-state index is 0.0848. The van der Waals surface area contributed by atoms with Crippen LogP contribution >= 0.6 is 0 Å². The van der Waals surface area contributed by atoms with E-state index in [1.807, 2.05) is 13.8 Å². The van der Waals surface area contributed by atoms with Crippen molar-refractivity contribution in [1.29, 1.82) is 0 Å². The minimum atomic E-state index is -0.543. The molecule has 0 radical (unpaired) electrons. The summed E-state index contributed by atoms with van der Waals surface area (Å²) >= 11 is 0. The molecule has 0 aromatic rings. The number of methoxy groups -OCH3 is 2. The number of rotatable bonds is 11. The topological polar surface area (TPSA) is 63.2 Å². The molecule has 4 unspecified atom stereocenters. The molecule has 6 heteroatoms. The van der Waals surface area contributed by atoms with E-state index in [0.717, 1.165) is 70.6 Å². The lowest BCUT2D eigenvalue weighted by Gasteiger charge is -2.65. The summed E-state index contributed by atoms with van der Waals surface area (Å²) in [7, 11) is 3.60. The molecule has 4 bridgehead atoms. The molecule has 6 rings (SSSR count). The molecular weight excluding hydrogens is 480 g/mol. The fourth-order valence-electron chi connectivity index (χ4n) is 9.01. The molecule has 0 aromatic heterocycles. The zero-order valence-electron chi connectivity index (χ0n) is 24.9. The van der Waals surface area contributed by atoms with Gasteiger partial charge in [-0.2, -0.15) is 0 Å². The number of carbonyl (C=O) groups is 1. The minimum Gasteiger partial charge on any atom is -0.458 e. The molecule has 0 N–H and O–H groups in total. The first-order valence-corrected chi connectivity index (χ1v) is 15.8. The van der Waals surface area contributed by atoms with Gasteiger partial charge in [-0.1, -0.05) is 45.4 Å². The summed E-state index contributed by atoms with van der Waals surface area (Å²) in [4.78, 5) is 13.5. The van der Waals surface area contributed by atoms with Crippen LogP contribution in [0, 0.1) is 23.2 Å². The first kappa shape index (κ1) is 28.8. The molecule has 218 valence electrons. The van der Waals surface area contributed by atoms with Crippen LogP contribution < -0.4 is 0 Å². The Morgan fingerprint density at radius 3 is 1.58 bits per heavy atom.